The zero-order valence-electron chi connectivity index (χ0n) is 15.7. The Balaban J connectivity index is 2.18. The Morgan fingerprint density at radius 3 is 2.62 bits per heavy atom. The molecule has 5 nitrogen and oxygen atoms in total. The van der Waals surface area contributed by atoms with Crippen molar-refractivity contribution in [3.8, 4) is 0 Å². The van der Waals surface area contributed by atoms with Crippen LogP contribution in [0, 0.1) is 5.41 Å². The molecule has 0 spiro atoms. The van der Waals surface area contributed by atoms with Crippen LogP contribution in [0.4, 0.5) is 5.82 Å². The van der Waals surface area contributed by atoms with Crippen LogP contribution in [-0.2, 0) is 16.1 Å². The Bertz CT molecular complexity index is 564. The van der Waals surface area contributed by atoms with Crippen molar-refractivity contribution < 1.29 is 9.53 Å². The Morgan fingerprint density at radius 1 is 1.38 bits per heavy atom. The number of amides is 1. The second-order valence-electron chi connectivity index (χ2n) is 7.50. The quantitative estimate of drug-likeness (QED) is 0.867. The van der Waals surface area contributed by atoms with Crippen LogP contribution in [0.5, 0.6) is 0 Å². The van der Waals surface area contributed by atoms with Gasteiger partial charge in [-0.05, 0) is 29.5 Å². The molecule has 5 heteroatoms. The Hall–Kier alpha value is -1.46. The van der Waals surface area contributed by atoms with Gasteiger partial charge in [-0.25, -0.2) is 4.98 Å². The molecule has 1 aliphatic rings. The minimum Gasteiger partial charge on any atom is -0.379 e. The van der Waals surface area contributed by atoms with E-state index in [1.165, 1.54) is 11.1 Å². The van der Waals surface area contributed by atoms with E-state index in [2.05, 4.69) is 29.0 Å². The molecule has 1 aromatic rings. The maximum atomic E-state index is 12.4. The van der Waals surface area contributed by atoms with Gasteiger partial charge in [0, 0.05) is 31.2 Å². The fourth-order valence-electron chi connectivity index (χ4n) is 2.68. The van der Waals surface area contributed by atoms with Crippen LogP contribution >= 0.6 is 0 Å². The molecular formula is C19H31N3O2. The van der Waals surface area contributed by atoms with Crippen LogP contribution in [0.2, 0.25) is 0 Å². The summed E-state index contributed by atoms with van der Waals surface area (Å²) in [5.74, 6) is 1.08. The van der Waals surface area contributed by atoms with E-state index < -0.39 is 0 Å². The highest BCUT2D eigenvalue weighted by atomic mass is 16.5. The largest absolute Gasteiger partial charge is 0.379 e. The highest BCUT2D eigenvalue weighted by molar-refractivity contribution is 5.94. The third kappa shape index (κ3) is 4.77. The second kappa shape index (κ2) is 8.08. The van der Waals surface area contributed by atoms with Crippen molar-refractivity contribution in [2.45, 2.75) is 53.5 Å². The lowest BCUT2D eigenvalue weighted by Gasteiger charge is -2.28. The summed E-state index contributed by atoms with van der Waals surface area (Å²) < 4.78 is 5.43. The molecule has 0 saturated carbocycles. The number of rotatable bonds is 6. The van der Waals surface area contributed by atoms with E-state index >= 15 is 0 Å². The smallest absolute Gasteiger partial charge is 0.231 e. The lowest BCUT2D eigenvalue weighted by Crippen LogP contribution is -2.36. The minimum absolute atomic E-state index is 0.0205. The highest BCUT2D eigenvalue weighted by Gasteiger charge is 2.26. The standard InChI is InChI=1S/C19H31N3O2/c1-6-19(4,5)18(23)21-17-11-15(16(12-20-17)14(2)3)13-22-7-9-24-10-8-22/h11-12,14H,6-10,13H2,1-5H3,(H,20,21,23). The summed E-state index contributed by atoms with van der Waals surface area (Å²) in [5.41, 5.74) is 2.10. The van der Waals surface area contributed by atoms with Gasteiger partial charge < -0.3 is 10.1 Å². The summed E-state index contributed by atoms with van der Waals surface area (Å²) in [4.78, 5) is 19.3. The van der Waals surface area contributed by atoms with Crippen LogP contribution in [-0.4, -0.2) is 42.1 Å². The molecule has 1 saturated heterocycles. The Kier molecular flexibility index (Phi) is 6.35. The maximum absolute atomic E-state index is 12.4. The molecule has 0 unspecified atom stereocenters. The molecule has 2 heterocycles. The zero-order chi connectivity index (χ0) is 17.7. The molecule has 1 N–H and O–H groups in total. The van der Waals surface area contributed by atoms with Crippen LogP contribution in [0.15, 0.2) is 12.3 Å². The number of hydrogen-bond donors (Lipinski definition) is 1. The number of aromatic nitrogens is 1. The number of nitrogens with zero attached hydrogens (tertiary/aromatic N) is 2. The first kappa shape index (κ1) is 18.9. The van der Waals surface area contributed by atoms with Crippen LogP contribution in [0.1, 0.15) is 58.1 Å². The average molecular weight is 333 g/mol. The molecule has 0 aliphatic carbocycles. The fraction of sp³-hybridized carbons (Fsp3) is 0.684. The fourth-order valence-corrected chi connectivity index (χ4v) is 2.68. The van der Waals surface area contributed by atoms with Crippen molar-refractivity contribution in [1.82, 2.24) is 9.88 Å². The van der Waals surface area contributed by atoms with Gasteiger partial charge in [-0.15, -0.1) is 0 Å². The summed E-state index contributed by atoms with van der Waals surface area (Å²) in [6.07, 6.45) is 2.71. The molecule has 1 fully saturated rings. The molecule has 1 amide bonds. The highest BCUT2D eigenvalue weighted by Crippen LogP contribution is 2.25. The third-order valence-electron chi connectivity index (χ3n) is 4.88. The number of pyridine rings is 1. The van der Waals surface area contributed by atoms with Crippen LogP contribution in [0.25, 0.3) is 0 Å². The third-order valence-corrected chi connectivity index (χ3v) is 4.88. The summed E-state index contributed by atoms with van der Waals surface area (Å²) in [7, 11) is 0. The monoisotopic (exact) mass is 333 g/mol. The van der Waals surface area contributed by atoms with E-state index in [1.54, 1.807) is 0 Å². The van der Waals surface area contributed by atoms with E-state index in [-0.39, 0.29) is 11.3 Å². The normalized spacial score (nSPS) is 16.4. The first-order valence-electron chi connectivity index (χ1n) is 8.94. The van der Waals surface area contributed by atoms with E-state index in [1.807, 2.05) is 33.0 Å². The van der Waals surface area contributed by atoms with Gasteiger partial charge in [-0.1, -0.05) is 34.6 Å². The van der Waals surface area contributed by atoms with Crippen molar-refractivity contribution in [3.05, 3.63) is 23.4 Å². The van der Waals surface area contributed by atoms with E-state index in [0.717, 1.165) is 39.3 Å². The molecule has 0 radical (unpaired) electrons. The number of morpholine rings is 1. The molecule has 1 aromatic heterocycles. The Morgan fingerprint density at radius 2 is 2.04 bits per heavy atom. The number of carbonyl (C=O) groups excluding carboxylic acids is 1. The molecule has 1 aliphatic heterocycles. The van der Waals surface area contributed by atoms with Gasteiger partial charge in [0.1, 0.15) is 5.82 Å². The predicted octanol–water partition coefficient (Wildman–Crippen LogP) is 3.41. The number of carbonyl (C=O) groups is 1. The van der Waals surface area contributed by atoms with Crippen molar-refractivity contribution in [2.24, 2.45) is 5.41 Å². The number of anilines is 1. The van der Waals surface area contributed by atoms with Gasteiger partial charge in [-0.2, -0.15) is 0 Å². The first-order chi connectivity index (χ1) is 11.3. The van der Waals surface area contributed by atoms with E-state index in [4.69, 9.17) is 4.74 Å². The van der Waals surface area contributed by atoms with Gasteiger partial charge in [0.05, 0.1) is 13.2 Å². The van der Waals surface area contributed by atoms with Crippen molar-refractivity contribution in [2.75, 3.05) is 31.6 Å². The van der Waals surface area contributed by atoms with E-state index in [9.17, 15) is 4.79 Å². The molecular weight excluding hydrogens is 302 g/mol. The topological polar surface area (TPSA) is 54.5 Å². The molecule has 0 atom stereocenters. The van der Waals surface area contributed by atoms with Gasteiger partial charge in [0.25, 0.3) is 0 Å². The molecule has 0 bridgehead atoms. The molecule has 134 valence electrons. The second-order valence-corrected chi connectivity index (χ2v) is 7.50. The first-order valence-corrected chi connectivity index (χ1v) is 8.94. The maximum Gasteiger partial charge on any atom is 0.231 e. The summed E-state index contributed by atoms with van der Waals surface area (Å²) in [6.45, 7) is 14.6. The number of ether oxygens (including phenoxy) is 1. The van der Waals surface area contributed by atoms with Crippen molar-refractivity contribution in [1.29, 1.82) is 0 Å². The lowest BCUT2D eigenvalue weighted by atomic mass is 9.89. The minimum atomic E-state index is -0.386. The number of hydrogen-bond acceptors (Lipinski definition) is 4. The lowest BCUT2D eigenvalue weighted by molar-refractivity contribution is -0.124. The van der Waals surface area contributed by atoms with Crippen molar-refractivity contribution in [3.63, 3.8) is 0 Å². The van der Waals surface area contributed by atoms with Gasteiger partial charge in [-0.3, -0.25) is 9.69 Å². The molecule has 2 rings (SSSR count). The van der Waals surface area contributed by atoms with Gasteiger partial charge in [0.15, 0.2) is 0 Å². The number of nitrogens with one attached hydrogen (secondary N) is 1. The molecule has 24 heavy (non-hydrogen) atoms. The van der Waals surface area contributed by atoms with Crippen molar-refractivity contribution >= 4 is 11.7 Å². The summed E-state index contributed by atoms with van der Waals surface area (Å²) in [5, 5.41) is 2.98. The van der Waals surface area contributed by atoms with Crippen LogP contribution in [0.3, 0.4) is 0 Å². The predicted molar refractivity (Wildman–Crippen MR) is 97.1 cm³/mol. The summed E-state index contributed by atoms with van der Waals surface area (Å²) >= 11 is 0. The summed E-state index contributed by atoms with van der Waals surface area (Å²) in [6, 6.07) is 2.04. The Labute approximate surface area is 145 Å². The average Bonchev–Trinajstić information content (AvgIpc) is 2.55. The van der Waals surface area contributed by atoms with E-state index in [0.29, 0.717) is 11.7 Å². The van der Waals surface area contributed by atoms with Gasteiger partial charge in [0.2, 0.25) is 5.91 Å². The SMILES string of the molecule is CCC(C)(C)C(=O)Nc1cc(CN2CCOCC2)c(C(C)C)cn1. The van der Waals surface area contributed by atoms with Gasteiger partial charge >= 0.3 is 0 Å². The zero-order valence-corrected chi connectivity index (χ0v) is 15.7. The van der Waals surface area contributed by atoms with Crippen LogP contribution < -0.4 is 5.32 Å². The molecule has 0 aromatic carbocycles.